The number of nitrogens with zero attached hydrogens (tertiary/aromatic N) is 1. The van der Waals surface area contributed by atoms with Crippen LogP contribution < -0.4 is 5.73 Å². The molecule has 0 unspecified atom stereocenters. The van der Waals surface area contributed by atoms with E-state index in [0.717, 1.165) is 25.7 Å². The summed E-state index contributed by atoms with van der Waals surface area (Å²) >= 11 is 0. The Morgan fingerprint density at radius 2 is 1.69 bits per heavy atom. The molecule has 13 heavy (non-hydrogen) atoms. The summed E-state index contributed by atoms with van der Waals surface area (Å²) < 4.78 is 0. The molecule has 0 bridgehead atoms. The lowest BCUT2D eigenvalue weighted by molar-refractivity contribution is -0.134. The molecule has 0 aliphatic heterocycles. The predicted molar refractivity (Wildman–Crippen MR) is 55.9 cm³/mol. The second-order valence-electron chi connectivity index (χ2n) is 3.84. The Kier molecular flexibility index (Phi) is 5.33. The highest BCUT2D eigenvalue weighted by atomic mass is 35.5. The van der Waals surface area contributed by atoms with Crippen molar-refractivity contribution in [1.82, 2.24) is 4.90 Å². The minimum atomic E-state index is 0. The SMILES string of the molecule is CN(C)C(=O)[C@H]1CC[C@@H](N)CC1.Cl. The van der Waals surface area contributed by atoms with Gasteiger partial charge in [0.2, 0.25) is 5.91 Å². The Balaban J connectivity index is 0.00000144. The van der Waals surface area contributed by atoms with Crippen molar-refractivity contribution < 1.29 is 4.79 Å². The summed E-state index contributed by atoms with van der Waals surface area (Å²) in [4.78, 5) is 13.2. The zero-order valence-corrected chi connectivity index (χ0v) is 9.14. The highest BCUT2D eigenvalue weighted by Crippen LogP contribution is 2.24. The average Bonchev–Trinajstić information content (AvgIpc) is 2.04. The largest absolute Gasteiger partial charge is 0.349 e. The van der Waals surface area contributed by atoms with E-state index >= 15 is 0 Å². The van der Waals surface area contributed by atoms with E-state index in [2.05, 4.69) is 0 Å². The van der Waals surface area contributed by atoms with Crippen molar-refractivity contribution in [2.75, 3.05) is 14.1 Å². The van der Waals surface area contributed by atoms with Crippen LogP contribution in [0.15, 0.2) is 0 Å². The molecule has 1 amide bonds. The second-order valence-corrected chi connectivity index (χ2v) is 3.84. The summed E-state index contributed by atoms with van der Waals surface area (Å²) in [7, 11) is 3.63. The molecule has 1 aliphatic carbocycles. The fourth-order valence-electron chi connectivity index (χ4n) is 1.73. The third kappa shape index (κ3) is 3.53. The van der Waals surface area contributed by atoms with E-state index < -0.39 is 0 Å². The summed E-state index contributed by atoms with van der Waals surface area (Å²) in [5, 5.41) is 0. The molecular weight excluding hydrogens is 188 g/mol. The average molecular weight is 207 g/mol. The maximum absolute atomic E-state index is 11.5. The van der Waals surface area contributed by atoms with Crippen molar-refractivity contribution >= 4 is 18.3 Å². The van der Waals surface area contributed by atoms with Gasteiger partial charge >= 0.3 is 0 Å². The van der Waals surface area contributed by atoms with Crippen molar-refractivity contribution in [3.63, 3.8) is 0 Å². The molecule has 1 aliphatic rings. The van der Waals surface area contributed by atoms with Gasteiger partial charge in [0.05, 0.1) is 0 Å². The minimum absolute atomic E-state index is 0. The van der Waals surface area contributed by atoms with Gasteiger partial charge in [-0.25, -0.2) is 0 Å². The van der Waals surface area contributed by atoms with E-state index in [1.165, 1.54) is 0 Å². The number of hydrogen-bond acceptors (Lipinski definition) is 2. The lowest BCUT2D eigenvalue weighted by Gasteiger charge is -2.27. The molecule has 1 fully saturated rings. The lowest BCUT2D eigenvalue weighted by atomic mass is 9.86. The third-order valence-corrected chi connectivity index (χ3v) is 2.56. The van der Waals surface area contributed by atoms with Gasteiger partial charge in [-0.05, 0) is 25.7 Å². The maximum Gasteiger partial charge on any atom is 0.225 e. The van der Waals surface area contributed by atoms with Crippen molar-refractivity contribution in [3.8, 4) is 0 Å². The molecule has 1 rings (SSSR count). The molecular formula is C9H19ClN2O. The van der Waals surface area contributed by atoms with Crippen LogP contribution in [0.3, 0.4) is 0 Å². The molecule has 0 saturated heterocycles. The van der Waals surface area contributed by atoms with Crippen molar-refractivity contribution in [1.29, 1.82) is 0 Å². The fraction of sp³-hybridized carbons (Fsp3) is 0.889. The number of carbonyl (C=O) groups is 1. The molecule has 0 aromatic heterocycles. The van der Waals surface area contributed by atoms with Crippen LogP contribution in [0.25, 0.3) is 0 Å². The number of nitrogens with two attached hydrogens (primary N) is 1. The molecule has 0 aromatic carbocycles. The lowest BCUT2D eigenvalue weighted by Crippen LogP contribution is -2.35. The van der Waals surface area contributed by atoms with Gasteiger partial charge < -0.3 is 10.6 Å². The first-order valence-corrected chi connectivity index (χ1v) is 4.58. The molecule has 3 nitrogen and oxygen atoms in total. The van der Waals surface area contributed by atoms with Gasteiger partial charge in [0.25, 0.3) is 0 Å². The van der Waals surface area contributed by atoms with Gasteiger partial charge in [-0.2, -0.15) is 0 Å². The Morgan fingerprint density at radius 1 is 1.23 bits per heavy atom. The van der Waals surface area contributed by atoms with E-state index in [0.29, 0.717) is 6.04 Å². The van der Waals surface area contributed by atoms with Crippen LogP contribution in [0.1, 0.15) is 25.7 Å². The number of rotatable bonds is 1. The summed E-state index contributed by atoms with van der Waals surface area (Å²) in [5.41, 5.74) is 5.75. The summed E-state index contributed by atoms with van der Waals surface area (Å²) in [6, 6.07) is 0.330. The smallest absolute Gasteiger partial charge is 0.225 e. The topological polar surface area (TPSA) is 46.3 Å². The van der Waals surface area contributed by atoms with Crippen LogP contribution in [0.4, 0.5) is 0 Å². The normalized spacial score (nSPS) is 27.6. The maximum atomic E-state index is 11.5. The highest BCUT2D eigenvalue weighted by Gasteiger charge is 2.25. The molecule has 0 heterocycles. The Labute approximate surface area is 86.1 Å². The minimum Gasteiger partial charge on any atom is -0.349 e. The number of hydrogen-bond donors (Lipinski definition) is 1. The molecule has 0 spiro atoms. The second kappa shape index (κ2) is 5.45. The Bertz CT molecular complexity index is 165. The molecule has 0 aromatic rings. The summed E-state index contributed by atoms with van der Waals surface area (Å²) in [6.45, 7) is 0. The van der Waals surface area contributed by atoms with Crippen LogP contribution in [-0.4, -0.2) is 30.9 Å². The van der Waals surface area contributed by atoms with Crippen LogP contribution >= 0.6 is 12.4 Å². The highest BCUT2D eigenvalue weighted by molar-refractivity contribution is 5.85. The Hall–Kier alpha value is -0.280. The van der Waals surface area contributed by atoms with Crippen LogP contribution in [0, 0.1) is 5.92 Å². The third-order valence-electron chi connectivity index (χ3n) is 2.56. The van der Waals surface area contributed by atoms with Gasteiger partial charge in [0.1, 0.15) is 0 Å². The van der Waals surface area contributed by atoms with E-state index in [9.17, 15) is 4.79 Å². The van der Waals surface area contributed by atoms with Gasteiger partial charge in [-0.1, -0.05) is 0 Å². The molecule has 78 valence electrons. The molecule has 0 atom stereocenters. The van der Waals surface area contributed by atoms with Crippen molar-refractivity contribution in [2.45, 2.75) is 31.7 Å². The molecule has 4 heteroatoms. The first-order valence-electron chi connectivity index (χ1n) is 4.58. The van der Waals surface area contributed by atoms with Crippen LogP contribution in [0.2, 0.25) is 0 Å². The Morgan fingerprint density at radius 3 is 2.08 bits per heavy atom. The number of halogens is 1. The molecule has 0 radical (unpaired) electrons. The van der Waals surface area contributed by atoms with Gasteiger partial charge in [0, 0.05) is 26.1 Å². The predicted octanol–water partition coefficient (Wildman–Crippen LogP) is 1.01. The first-order chi connectivity index (χ1) is 5.61. The number of amides is 1. The first kappa shape index (κ1) is 12.7. The fourth-order valence-corrected chi connectivity index (χ4v) is 1.73. The van der Waals surface area contributed by atoms with Crippen molar-refractivity contribution in [3.05, 3.63) is 0 Å². The van der Waals surface area contributed by atoms with E-state index in [-0.39, 0.29) is 24.2 Å². The zero-order chi connectivity index (χ0) is 9.14. The number of carbonyl (C=O) groups excluding carboxylic acids is 1. The quantitative estimate of drug-likeness (QED) is 0.696. The van der Waals surface area contributed by atoms with Crippen LogP contribution in [-0.2, 0) is 4.79 Å². The molecule has 2 N–H and O–H groups in total. The van der Waals surface area contributed by atoms with E-state index in [4.69, 9.17) is 5.73 Å². The summed E-state index contributed by atoms with van der Waals surface area (Å²) in [6.07, 6.45) is 3.95. The summed E-state index contributed by atoms with van der Waals surface area (Å²) in [5.74, 6) is 0.502. The standard InChI is InChI=1S/C9H18N2O.ClH/c1-11(2)9(12)7-3-5-8(10)6-4-7;/h7-8H,3-6,10H2,1-2H3;1H/t7-,8+;. The van der Waals surface area contributed by atoms with E-state index in [1.807, 2.05) is 14.1 Å². The molecule has 1 saturated carbocycles. The van der Waals surface area contributed by atoms with E-state index in [1.54, 1.807) is 4.90 Å². The van der Waals surface area contributed by atoms with Crippen LogP contribution in [0.5, 0.6) is 0 Å². The van der Waals surface area contributed by atoms with Gasteiger partial charge in [0.15, 0.2) is 0 Å². The monoisotopic (exact) mass is 206 g/mol. The zero-order valence-electron chi connectivity index (χ0n) is 8.32. The van der Waals surface area contributed by atoms with Crippen molar-refractivity contribution in [2.24, 2.45) is 11.7 Å². The van der Waals surface area contributed by atoms with Gasteiger partial charge in [-0.15, -0.1) is 12.4 Å². The van der Waals surface area contributed by atoms with Gasteiger partial charge in [-0.3, -0.25) is 4.79 Å².